The molecule has 2 heterocycles. The van der Waals surface area contributed by atoms with Crippen LogP contribution >= 0.6 is 0 Å². The van der Waals surface area contributed by atoms with Crippen LogP contribution < -0.4 is 5.32 Å². The van der Waals surface area contributed by atoms with Gasteiger partial charge in [-0.1, -0.05) is 140 Å². The van der Waals surface area contributed by atoms with Crippen LogP contribution in [-0.2, 0) is 0 Å². The van der Waals surface area contributed by atoms with E-state index in [9.17, 15) is 0 Å². The van der Waals surface area contributed by atoms with Crippen LogP contribution in [0.25, 0.3) is 59.7 Å². The van der Waals surface area contributed by atoms with Gasteiger partial charge in [-0.3, -0.25) is 5.32 Å². The molecule has 0 spiro atoms. The standard InChI is InChI=1S/C45H36N2/c1-2-12-29(13-3-1)34-27-40(33-23-22-30-14-4-5-16-32(30)26-33)46-42(28-34)47-41-21-11-10-20-39(41)44-43-35-17-7-6-15-31(35)24-25-37(43)36-18-8-9-19-38(36)45(44)47/h1-22,24-25,28,32-33,40,42,46H,23,26-27H2. The highest BCUT2D eigenvalue weighted by molar-refractivity contribution is 6.36. The fraction of sp³-hybridized carbons (Fsp3) is 0.156. The second-order valence-corrected chi connectivity index (χ2v) is 13.6. The number of para-hydroxylation sites is 1. The van der Waals surface area contributed by atoms with Crippen LogP contribution in [-0.4, -0.2) is 10.6 Å². The average Bonchev–Trinajstić information content (AvgIpc) is 3.50. The van der Waals surface area contributed by atoms with Gasteiger partial charge in [0.05, 0.1) is 11.0 Å². The Kier molecular flexibility index (Phi) is 6.14. The third-order valence-corrected chi connectivity index (χ3v) is 11.1. The van der Waals surface area contributed by atoms with Gasteiger partial charge in [0.2, 0.25) is 0 Å². The summed E-state index contributed by atoms with van der Waals surface area (Å²) in [5, 5.41) is 14.8. The van der Waals surface area contributed by atoms with Gasteiger partial charge in [-0.25, -0.2) is 0 Å². The molecule has 1 N–H and O–H groups in total. The molecule has 6 aromatic carbocycles. The van der Waals surface area contributed by atoms with Crippen LogP contribution in [0.15, 0.2) is 157 Å². The lowest BCUT2D eigenvalue weighted by Gasteiger charge is -2.39. The fourth-order valence-corrected chi connectivity index (χ4v) is 8.97. The number of nitrogens with zero attached hydrogens (tertiary/aromatic N) is 1. The van der Waals surface area contributed by atoms with Gasteiger partial charge in [0, 0.05) is 33.5 Å². The molecule has 2 nitrogen and oxygen atoms in total. The Morgan fingerprint density at radius 2 is 1.40 bits per heavy atom. The third-order valence-electron chi connectivity index (χ3n) is 11.1. The summed E-state index contributed by atoms with van der Waals surface area (Å²) in [6.45, 7) is 0. The van der Waals surface area contributed by atoms with Crippen LogP contribution in [0.3, 0.4) is 0 Å². The molecule has 0 saturated carbocycles. The van der Waals surface area contributed by atoms with Gasteiger partial charge in [-0.05, 0) is 75.6 Å². The Morgan fingerprint density at radius 3 is 2.30 bits per heavy atom. The SMILES string of the molecule is C1=CC2=CCC(C3CC(c4ccccc4)=CC(n4c5ccccc5c5c6c7ccccc7ccc6c6ccccc6c54)N3)CC2C=C1. The topological polar surface area (TPSA) is 17.0 Å². The van der Waals surface area contributed by atoms with Crippen LogP contribution in [0.4, 0.5) is 0 Å². The lowest BCUT2D eigenvalue weighted by atomic mass is 9.74. The van der Waals surface area contributed by atoms with Crippen molar-refractivity contribution in [3.05, 3.63) is 163 Å². The Morgan fingerprint density at radius 1 is 0.638 bits per heavy atom. The zero-order valence-corrected chi connectivity index (χ0v) is 26.3. The molecule has 4 unspecified atom stereocenters. The molecule has 3 aliphatic rings. The normalized spacial score (nSPS) is 22.6. The molecular weight excluding hydrogens is 569 g/mol. The molecule has 0 amide bonds. The zero-order chi connectivity index (χ0) is 30.9. The molecular formula is C45H36N2. The van der Waals surface area contributed by atoms with Gasteiger partial charge in [0.1, 0.15) is 6.17 Å². The summed E-state index contributed by atoms with van der Waals surface area (Å²) in [6.07, 6.45) is 17.5. The molecule has 4 atom stereocenters. The molecule has 0 saturated heterocycles. The number of aromatic nitrogens is 1. The smallest absolute Gasteiger partial charge is 0.104 e. The van der Waals surface area contributed by atoms with Gasteiger partial charge in [0.15, 0.2) is 0 Å². The van der Waals surface area contributed by atoms with Crippen LogP contribution in [0.5, 0.6) is 0 Å². The van der Waals surface area contributed by atoms with Crippen LogP contribution in [0.1, 0.15) is 31.0 Å². The van der Waals surface area contributed by atoms with Crippen molar-refractivity contribution in [2.45, 2.75) is 31.5 Å². The predicted molar refractivity (Wildman–Crippen MR) is 200 cm³/mol. The highest BCUT2D eigenvalue weighted by Crippen LogP contribution is 2.46. The highest BCUT2D eigenvalue weighted by Gasteiger charge is 2.34. The Labute approximate surface area is 275 Å². The molecule has 2 aliphatic carbocycles. The largest absolute Gasteiger partial charge is 0.320 e. The fourth-order valence-electron chi connectivity index (χ4n) is 8.97. The van der Waals surface area contributed by atoms with E-state index in [4.69, 9.17) is 0 Å². The number of fused-ring (bicyclic) bond motifs is 11. The molecule has 2 heteroatoms. The summed E-state index contributed by atoms with van der Waals surface area (Å²) in [5.74, 6) is 1.08. The first kappa shape index (κ1) is 27.0. The minimum atomic E-state index is 0.00867. The Hall–Kier alpha value is -5.18. The van der Waals surface area contributed by atoms with Gasteiger partial charge in [0.25, 0.3) is 0 Å². The number of nitrogens with one attached hydrogen (secondary N) is 1. The van der Waals surface area contributed by atoms with Gasteiger partial charge < -0.3 is 4.57 Å². The van der Waals surface area contributed by atoms with Gasteiger partial charge in [-0.15, -0.1) is 0 Å². The van der Waals surface area contributed by atoms with E-state index >= 15 is 0 Å². The molecule has 0 bridgehead atoms. The second-order valence-electron chi connectivity index (χ2n) is 13.6. The highest BCUT2D eigenvalue weighted by atomic mass is 15.2. The van der Waals surface area contributed by atoms with Gasteiger partial charge in [-0.2, -0.15) is 0 Å². The van der Waals surface area contributed by atoms with E-state index in [1.165, 1.54) is 77.3 Å². The maximum absolute atomic E-state index is 4.27. The summed E-state index contributed by atoms with van der Waals surface area (Å²) in [4.78, 5) is 0. The predicted octanol–water partition coefficient (Wildman–Crippen LogP) is 11.3. The Balaban J connectivity index is 1.26. The summed E-state index contributed by atoms with van der Waals surface area (Å²) in [7, 11) is 0. The van der Waals surface area contributed by atoms with E-state index in [1.807, 2.05) is 0 Å². The van der Waals surface area contributed by atoms with Crippen LogP contribution in [0.2, 0.25) is 0 Å². The quantitative estimate of drug-likeness (QED) is 0.199. The van der Waals surface area contributed by atoms with E-state index in [-0.39, 0.29) is 6.17 Å². The molecule has 0 fully saturated rings. The summed E-state index contributed by atoms with van der Waals surface area (Å²) in [6, 6.07) is 43.1. The third kappa shape index (κ3) is 4.21. The van der Waals surface area contributed by atoms with Crippen molar-refractivity contribution in [3.8, 4) is 0 Å². The average molecular weight is 605 g/mol. The minimum absolute atomic E-state index is 0.00867. The lowest BCUT2D eigenvalue weighted by molar-refractivity contribution is 0.272. The van der Waals surface area contributed by atoms with Crippen molar-refractivity contribution < 1.29 is 0 Å². The molecule has 10 rings (SSSR count). The first-order chi connectivity index (χ1) is 23.3. The molecule has 226 valence electrons. The number of benzene rings is 6. The summed E-state index contributed by atoms with van der Waals surface area (Å²) >= 11 is 0. The molecule has 7 aromatic rings. The number of allylic oxidation sites excluding steroid dienone is 6. The monoisotopic (exact) mass is 604 g/mol. The van der Waals surface area contributed by atoms with E-state index in [0.29, 0.717) is 17.9 Å². The number of rotatable bonds is 3. The first-order valence-electron chi connectivity index (χ1n) is 17.1. The molecule has 0 radical (unpaired) electrons. The minimum Gasteiger partial charge on any atom is -0.320 e. The number of hydrogen-bond acceptors (Lipinski definition) is 1. The van der Waals surface area contributed by atoms with Crippen molar-refractivity contribution in [2.75, 3.05) is 0 Å². The Bertz CT molecular complexity index is 2490. The molecule has 47 heavy (non-hydrogen) atoms. The summed E-state index contributed by atoms with van der Waals surface area (Å²) in [5.41, 5.74) is 6.86. The lowest BCUT2D eigenvalue weighted by Crippen LogP contribution is -2.44. The van der Waals surface area contributed by atoms with E-state index in [1.54, 1.807) is 0 Å². The van der Waals surface area contributed by atoms with Crippen molar-refractivity contribution in [2.24, 2.45) is 11.8 Å². The van der Waals surface area contributed by atoms with Crippen molar-refractivity contribution >= 4 is 59.7 Å². The van der Waals surface area contributed by atoms with Crippen molar-refractivity contribution in [3.63, 3.8) is 0 Å². The maximum Gasteiger partial charge on any atom is 0.104 e. The van der Waals surface area contributed by atoms with E-state index in [0.717, 1.165) is 12.8 Å². The van der Waals surface area contributed by atoms with E-state index < -0.39 is 0 Å². The molecule has 1 aromatic heterocycles. The van der Waals surface area contributed by atoms with Crippen molar-refractivity contribution in [1.29, 1.82) is 0 Å². The van der Waals surface area contributed by atoms with Crippen LogP contribution in [0, 0.1) is 11.8 Å². The first-order valence-corrected chi connectivity index (χ1v) is 17.1. The van der Waals surface area contributed by atoms with Crippen molar-refractivity contribution in [1.82, 2.24) is 9.88 Å². The second kappa shape index (κ2) is 10.7. The number of hydrogen-bond donors (Lipinski definition) is 1. The van der Waals surface area contributed by atoms with E-state index in [2.05, 4.69) is 162 Å². The summed E-state index contributed by atoms with van der Waals surface area (Å²) < 4.78 is 2.64. The maximum atomic E-state index is 4.27. The molecule has 1 aliphatic heterocycles. The zero-order valence-electron chi connectivity index (χ0n) is 26.3. The van der Waals surface area contributed by atoms with Gasteiger partial charge >= 0.3 is 0 Å².